The summed E-state index contributed by atoms with van der Waals surface area (Å²) in [5, 5.41) is 7.43. The van der Waals surface area contributed by atoms with Crippen molar-refractivity contribution < 1.29 is 0 Å². The lowest BCUT2D eigenvalue weighted by atomic mass is 9.82. The predicted octanol–water partition coefficient (Wildman–Crippen LogP) is 9.60. The van der Waals surface area contributed by atoms with Crippen LogP contribution in [0.15, 0.2) is 78.3 Å². The molecule has 33 heavy (non-hydrogen) atoms. The second-order valence-electron chi connectivity index (χ2n) is 9.81. The Balaban J connectivity index is 1.55. The summed E-state index contributed by atoms with van der Waals surface area (Å²) in [5.41, 5.74) is 6.32. The number of hydrogen-bond donors (Lipinski definition) is 0. The zero-order chi connectivity index (χ0) is 22.7. The number of pyridine rings is 1. The Bertz CT molecular complexity index is 1660. The second kappa shape index (κ2) is 7.51. The van der Waals surface area contributed by atoms with Gasteiger partial charge in [0.1, 0.15) is 0 Å². The van der Waals surface area contributed by atoms with Crippen LogP contribution in [0.4, 0.5) is 0 Å². The van der Waals surface area contributed by atoms with Gasteiger partial charge in [-0.05, 0) is 80.9 Å². The molecule has 0 spiro atoms. The molecule has 0 aliphatic rings. The first-order chi connectivity index (χ1) is 15.9. The Hall–Kier alpha value is -3.01. The summed E-state index contributed by atoms with van der Waals surface area (Å²) in [5.74, 6) is 0. The molecule has 3 aromatic heterocycles. The molecule has 0 fully saturated rings. The van der Waals surface area contributed by atoms with E-state index in [0.717, 1.165) is 5.69 Å². The molecule has 3 aromatic carbocycles. The van der Waals surface area contributed by atoms with Gasteiger partial charge in [-0.2, -0.15) is 0 Å². The first kappa shape index (κ1) is 20.6. The van der Waals surface area contributed by atoms with E-state index in [0.29, 0.717) is 0 Å². The van der Waals surface area contributed by atoms with Gasteiger partial charge in [-0.15, -0.1) is 22.7 Å². The molecule has 6 rings (SSSR count). The highest BCUT2D eigenvalue weighted by Crippen LogP contribution is 2.41. The largest absolute Gasteiger partial charge is 0.256 e. The molecule has 0 bridgehead atoms. The van der Waals surface area contributed by atoms with Gasteiger partial charge in [0.2, 0.25) is 0 Å². The van der Waals surface area contributed by atoms with Crippen molar-refractivity contribution in [2.75, 3.05) is 0 Å². The van der Waals surface area contributed by atoms with E-state index in [1.807, 2.05) is 28.9 Å². The quantitative estimate of drug-likeness (QED) is 0.249. The van der Waals surface area contributed by atoms with E-state index in [4.69, 9.17) is 4.98 Å². The molecule has 0 amide bonds. The van der Waals surface area contributed by atoms with E-state index in [1.165, 1.54) is 58.1 Å². The number of thiophene rings is 2. The van der Waals surface area contributed by atoms with Gasteiger partial charge in [0.15, 0.2) is 0 Å². The monoisotopic (exact) mass is 463 g/mol. The summed E-state index contributed by atoms with van der Waals surface area (Å²) in [7, 11) is 0. The summed E-state index contributed by atoms with van der Waals surface area (Å²) in [6.45, 7) is 9.05. The van der Waals surface area contributed by atoms with Crippen molar-refractivity contribution in [2.24, 2.45) is 0 Å². The van der Waals surface area contributed by atoms with E-state index in [9.17, 15) is 0 Å². The third-order valence-electron chi connectivity index (χ3n) is 6.44. The van der Waals surface area contributed by atoms with Crippen molar-refractivity contribution in [3.8, 4) is 21.7 Å². The van der Waals surface area contributed by atoms with Crippen molar-refractivity contribution in [1.82, 2.24) is 4.98 Å². The van der Waals surface area contributed by atoms with Crippen LogP contribution < -0.4 is 0 Å². The highest BCUT2D eigenvalue weighted by atomic mass is 32.1. The number of rotatable bonds is 2. The molecular weight excluding hydrogens is 438 g/mol. The normalized spacial score (nSPS) is 12.2. The molecular formula is C30H25NS2. The average molecular weight is 464 g/mol. The second-order valence-corrected chi connectivity index (χ2v) is 11.8. The van der Waals surface area contributed by atoms with Gasteiger partial charge in [0.05, 0.1) is 5.69 Å². The van der Waals surface area contributed by atoms with Crippen molar-refractivity contribution in [3.05, 3.63) is 89.4 Å². The average Bonchev–Trinajstić information content (AvgIpc) is 3.41. The molecule has 0 radical (unpaired) electrons. The van der Waals surface area contributed by atoms with Crippen molar-refractivity contribution in [1.29, 1.82) is 0 Å². The molecule has 162 valence electrons. The van der Waals surface area contributed by atoms with Gasteiger partial charge in [-0.3, -0.25) is 4.98 Å². The van der Waals surface area contributed by atoms with Gasteiger partial charge in [-0.1, -0.05) is 57.2 Å². The number of hydrogen-bond acceptors (Lipinski definition) is 3. The lowest BCUT2D eigenvalue weighted by Gasteiger charge is -2.22. The number of aromatic nitrogens is 1. The van der Waals surface area contributed by atoms with Crippen molar-refractivity contribution in [2.45, 2.75) is 33.1 Å². The zero-order valence-electron chi connectivity index (χ0n) is 19.3. The maximum atomic E-state index is 4.88. The van der Waals surface area contributed by atoms with E-state index < -0.39 is 0 Å². The Morgan fingerprint density at radius 3 is 2.45 bits per heavy atom. The molecule has 0 atom stereocenters. The molecule has 0 aliphatic heterocycles. The van der Waals surface area contributed by atoms with Crippen LogP contribution in [0.1, 0.15) is 31.9 Å². The van der Waals surface area contributed by atoms with Gasteiger partial charge >= 0.3 is 0 Å². The number of fused-ring (bicyclic) bond motifs is 3. The van der Waals surface area contributed by atoms with Crippen LogP contribution in [0.2, 0.25) is 0 Å². The fourth-order valence-corrected chi connectivity index (χ4v) is 6.75. The van der Waals surface area contributed by atoms with Crippen LogP contribution in [0.25, 0.3) is 52.6 Å². The molecule has 3 heterocycles. The number of benzene rings is 3. The van der Waals surface area contributed by atoms with Crippen molar-refractivity contribution in [3.63, 3.8) is 0 Å². The molecule has 3 heteroatoms. The lowest BCUT2D eigenvalue weighted by Crippen LogP contribution is -2.12. The van der Waals surface area contributed by atoms with Crippen LogP contribution in [0.3, 0.4) is 0 Å². The summed E-state index contributed by atoms with van der Waals surface area (Å²) in [6, 6.07) is 24.7. The lowest BCUT2D eigenvalue weighted by molar-refractivity contribution is 0.596. The van der Waals surface area contributed by atoms with Crippen LogP contribution in [0, 0.1) is 6.92 Å². The zero-order valence-corrected chi connectivity index (χ0v) is 20.9. The van der Waals surface area contributed by atoms with Gasteiger partial charge in [0.25, 0.3) is 0 Å². The Labute approximate surface area is 202 Å². The summed E-state index contributed by atoms with van der Waals surface area (Å²) in [4.78, 5) is 6.17. The maximum absolute atomic E-state index is 4.88. The third-order valence-corrected chi connectivity index (χ3v) is 8.65. The summed E-state index contributed by atoms with van der Waals surface area (Å²) >= 11 is 3.68. The smallest absolute Gasteiger partial charge is 0.0789 e. The highest BCUT2D eigenvalue weighted by molar-refractivity contribution is 7.22. The minimum Gasteiger partial charge on any atom is -0.256 e. The molecule has 0 unspecified atom stereocenters. The first-order valence-electron chi connectivity index (χ1n) is 11.3. The maximum Gasteiger partial charge on any atom is 0.0789 e. The van der Waals surface area contributed by atoms with Gasteiger partial charge in [0, 0.05) is 31.4 Å². The molecule has 6 aromatic rings. The van der Waals surface area contributed by atoms with Gasteiger partial charge < -0.3 is 0 Å². The van der Waals surface area contributed by atoms with Gasteiger partial charge in [-0.25, -0.2) is 0 Å². The highest BCUT2D eigenvalue weighted by Gasteiger charge is 2.20. The van der Waals surface area contributed by atoms with E-state index in [-0.39, 0.29) is 5.41 Å². The SMILES string of the molecule is Cc1csc2cc(-c3cc4c(-c5cc(C(C)(C)C)c6ccccc6c5)nccc4s3)ccc12. The fraction of sp³-hybridized carbons (Fsp3) is 0.167. The first-order valence-corrected chi connectivity index (χ1v) is 13.0. The minimum absolute atomic E-state index is 0.0531. The minimum atomic E-state index is 0.0531. The van der Waals surface area contributed by atoms with Crippen LogP contribution in [0.5, 0.6) is 0 Å². The Morgan fingerprint density at radius 1 is 0.758 bits per heavy atom. The van der Waals surface area contributed by atoms with E-state index >= 15 is 0 Å². The summed E-state index contributed by atoms with van der Waals surface area (Å²) in [6.07, 6.45) is 1.95. The predicted molar refractivity (Wildman–Crippen MR) is 147 cm³/mol. The summed E-state index contributed by atoms with van der Waals surface area (Å²) < 4.78 is 2.63. The van der Waals surface area contributed by atoms with Crippen LogP contribution >= 0.6 is 22.7 Å². The number of aryl methyl sites for hydroxylation is 1. The standard InChI is InChI=1S/C30H25NS2/c1-18-17-32-28-15-20(9-10-22(18)28)27-16-24-26(33-27)11-12-31-29(24)21-13-19-7-5-6-8-23(19)25(14-21)30(2,3)4/h5-17H,1-4H3. The molecule has 0 aliphatic carbocycles. The van der Waals surface area contributed by atoms with Crippen molar-refractivity contribution >= 4 is 53.6 Å². The number of nitrogens with zero attached hydrogens (tertiary/aromatic N) is 1. The third kappa shape index (κ3) is 3.47. The molecule has 1 nitrogen and oxygen atoms in total. The van der Waals surface area contributed by atoms with E-state index in [1.54, 1.807) is 0 Å². The van der Waals surface area contributed by atoms with Crippen LogP contribution in [-0.2, 0) is 5.41 Å². The molecule has 0 saturated heterocycles. The van der Waals surface area contributed by atoms with E-state index in [2.05, 4.69) is 99.8 Å². The Kier molecular flexibility index (Phi) is 4.69. The molecule has 0 saturated carbocycles. The van der Waals surface area contributed by atoms with Crippen LogP contribution in [-0.4, -0.2) is 4.98 Å². The molecule has 0 N–H and O–H groups in total. The topological polar surface area (TPSA) is 12.9 Å². The fourth-order valence-electron chi connectivity index (χ4n) is 4.72. The Morgan fingerprint density at radius 2 is 1.61 bits per heavy atom.